The largest absolute Gasteiger partial charge is 0.508 e. The molecule has 2 aromatic rings. The Balaban J connectivity index is 1.42. The van der Waals surface area contributed by atoms with E-state index in [0.29, 0.717) is 18.0 Å². The maximum Gasteiger partial charge on any atom is 0.251 e. The molecule has 1 fully saturated rings. The van der Waals surface area contributed by atoms with Crippen LogP contribution >= 0.6 is 0 Å². The molecule has 5 nitrogen and oxygen atoms in total. The number of phenolic OH excluding ortho intramolecular Hbond substituents is 1. The van der Waals surface area contributed by atoms with Crippen LogP contribution in [0, 0.1) is 5.92 Å². The van der Waals surface area contributed by atoms with Gasteiger partial charge in [-0.1, -0.05) is 6.07 Å². The lowest BCUT2D eigenvalue weighted by molar-refractivity contribution is 0.0945. The highest BCUT2D eigenvalue weighted by Gasteiger charge is 2.20. The lowest BCUT2D eigenvalue weighted by Gasteiger charge is -2.32. The van der Waals surface area contributed by atoms with E-state index in [2.05, 4.69) is 10.2 Å². The van der Waals surface area contributed by atoms with Gasteiger partial charge in [-0.05, 0) is 62.1 Å². The molecule has 0 saturated carbocycles. The molecule has 24 heavy (non-hydrogen) atoms. The van der Waals surface area contributed by atoms with Crippen LogP contribution in [0.1, 0.15) is 35.4 Å². The second-order valence-corrected chi connectivity index (χ2v) is 6.42. The number of furan rings is 1. The molecule has 1 aromatic heterocycles. The number of nitrogens with one attached hydrogen (secondary N) is 1. The zero-order chi connectivity index (χ0) is 16.8. The number of carbonyl (C=O) groups is 1. The van der Waals surface area contributed by atoms with Crippen LogP contribution in [-0.4, -0.2) is 35.5 Å². The molecule has 2 N–H and O–H groups in total. The normalized spacial score (nSPS) is 18.4. The van der Waals surface area contributed by atoms with Crippen molar-refractivity contribution in [3.05, 3.63) is 54.0 Å². The number of aromatic hydroxyl groups is 1. The van der Waals surface area contributed by atoms with Crippen LogP contribution in [0.3, 0.4) is 0 Å². The van der Waals surface area contributed by atoms with Crippen LogP contribution in [-0.2, 0) is 6.54 Å². The van der Waals surface area contributed by atoms with Gasteiger partial charge in [0.05, 0.1) is 12.8 Å². The number of phenols is 1. The standard InChI is InChI=1S/C19H24N2O3/c22-17-6-1-5-16(12-17)19(23)20-9-8-15-4-2-10-21(13-15)14-18-7-3-11-24-18/h1,3,5-7,11-12,15,22H,2,4,8-10,13-14H2,(H,20,23)/t15-/m0/s1. The van der Waals surface area contributed by atoms with E-state index in [1.54, 1.807) is 24.5 Å². The number of rotatable bonds is 6. The first-order valence-corrected chi connectivity index (χ1v) is 8.52. The number of hydrogen-bond donors (Lipinski definition) is 2. The van der Waals surface area contributed by atoms with Gasteiger partial charge in [0.25, 0.3) is 5.91 Å². The minimum absolute atomic E-state index is 0.114. The molecule has 2 heterocycles. The first kappa shape index (κ1) is 16.6. The van der Waals surface area contributed by atoms with Crippen molar-refractivity contribution in [2.24, 2.45) is 5.92 Å². The summed E-state index contributed by atoms with van der Waals surface area (Å²) >= 11 is 0. The molecule has 1 saturated heterocycles. The highest BCUT2D eigenvalue weighted by Crippen LogP contribution is 2.21. The first-order chi connectivity index (χ1) is 11.7. The summed E-state index contributed by atoms with van der Waals surface area (Å²) in [6.45, 7) is 3.67. The molecule has 1 aromatic carbocycles. The molecule has 1 aliphatic heterocycles. The molecule has 1 aliphatic rings. The molecule has 0 spiro atoms. The van der Waals surface area contributed by atoms with E-state index < -0.39 is 0 Å². The van der Waals surface area contributed by atoms with Crippen molar-refractivity contribution in [2.75, 3.05) is 19.6 Å². The van der Waals surface area contributed by atoms with Gasteiger partial charge >= 0.3 is 0 Å². The Morgan fingerprint density at radius 2 is 2.25 bits per heavy atom. The van der Waals surface area contributed by atoms with E-state index in [4.69, 9.17) is 4.42 Å². The Hall–Kier alpha value is -2.27. The molecule has 0 radical (unpaired) electrons. The summed E-state index contributed by atoms with van der Waals surface area (Å²) < 4.78 is 5.42. The topological polar surface area (TPSA) is 65.7 Å². The van der Waals surface area contributed by atoms with Crippen molar-refractivity contribution in [1.29, 1.82) is 0 Å². The van der Waals surface area contributed by atoms with Gasteiger partial charge in [0.2, 0.25) is 0 Å². The van der Waals surface area contributed by atoms with Gasteiger partial charge in [0.1, 0.15) is 11.5 Å². The molecular weight excluding hydrogens is 304 g/mol. The first-order valence-electron chi connectivity index (χ1n) is 8.52. The second kappa shape index (κ2) is 8.02. The van der Waals surface area contributed by atoms with E-state index in [-0.39, 0.29) is 11.7 Å². The van der Waals surface area contributed by atoms with E-state index >= 15 is 0 Å². The highest BCUT2D eigenvalue weighted by molar-refractivity contribution is 5.94. The van der Waals surface area contributed by atoms with Crippen LogP contribution < -0.4 is 5.32 Å². The van der Waals surface area contributed by atoms with E-state index in [9.17, 15) is 9.90 Å². The number of likely N-dealkylation sites (tertiary alicyclic amines) is 1. The monoisotopic (exact) mass is 328 g/mol. The van der Waals surface area contributed by atoms with Gasteiger partial charge in [-0.3, -0.25) is 9.69 Å². The average Bonchev–Trinajstić information content (AvgIpc) is 3.08. The van der Waals surface area contributed by atoms with Crippen LogP contribution in [0.25, 0.3) is 0 Å². The maximum absolute atomic E-state index is 12.1. The summed E-state index contributed by atoms with van der Waals surface area (Å²) in [7, 11) is 0. The van der Waals surface area contributed by atoms with Crippen molar-refractivity contribution in [3.8, 4) is 5.75 Å². The molecule has 3 rings (SSSR count). The third-order valence-corrected chi connectivity index (χ3v) is 4.51. The van der Waals surface area contributed by atoms with Gasteiger partial charge < -0.3 is 14.8 Å². The fourth-order valence-electron chi connectivity index (χ4n) is 3.29. The second-order valence-electron chi connectivity index (χ2n) is 6.42. The fourth-order valence-corrected chi connectivity index (χ4v) is 3.29. The quantitative estimate of drug-likeness (QED) is 0.855. The van der Waals surface area contributed by atoms with Crippen LogP contribution in [0.5, 0.6) is 5.75 Å². The van der Waals surface area contributed by atoms with Crippen molar-refractivity contribution < 1.29 is 14.3 Å². The van der Waals surface area contributed by atoms with E-state index in [1.165, 1.54) is 18.9 Å². The Labute approximate surface area is 142 Å². The number of hydrogen-bond acceptors (Lipinski definition) is 4. The smallest absolute Gasteiger partial charge is 0.251 e. The maximum atomic E-state index is 12.1. The Bertz CT molecular complexity index is 654. The van der Waals surface area contributed by atoms with Crippen LogP contribution in [0.2, 0.25) is 0 Å². The average molecular weight is 328 g/mol. The van der Waals surface area contributed by atoms with Gasteiger partial charge in [-0.2, -0.15) is 0 Å². The summed E-state index contributed by atoms with van der Waals surface area (Å²) in [4.78, 5) is 14.5. The SMILES string of the molecule is O=C(NCC[C@@H]1CCCN(Cc2ccco2)C1)c1cccc(O)c1. The van der Waals surface area contributed by atoms with Crippen molar-refractivity contribution >= 4 is 5.91 Å². The number of amides is 1. The minimum Gasteiger partial charge on any atom is -0.508 e. The predicted molar refractivity (Wildman–Crippen MR) is 91.8 cm³/mol. The molecule has 128 valence electrons. The zero-order valence-electron chi connectivity index (χ0n) is 13.8. The van der Waals surface area contributed by atoms with Gasteiger partial charge in [0.15, 0.2) is 0 Å². The van der Waals surface area contributed by atoms with Gasteiger partial charge in [-0.15, -0.1) is 0 Å². The van der Waals surface area contributed by atoms with E-state index in [0.717, 1.165) is 31.8 Å². The molecule has 5 heteroatoms. The lowest BCUT2D eigenvalue weighted by atomic mass is 9.94. The Kier molecular flexibility index (Phi) is 5.54. The molecule has 0 aliphatic carbocycles. The number of nitrogens with zero attached hydrogens (tertiary/aromatic N) is 1. The molecule has 0 bridgehead atoms. The lowest BCUT2D eigenvalue weighted by Crippen LogP contribution is -2.36. The van der Waals surface area contributed by atoms with Crippen LogP contribution in [0.15, 0.2) is 47.1 Å². The minimum atomic E-state index is -0.130. The summed E-state index contributed by atoms with van der Waals surface area (Å²) in [5.74, 6) is 1.59. The Morgan fingerprint density at radius 3 is 3.04 bits per heavy atom. The van der Waals surface area contributed by atoms with E-state index in [1.807, 2.05) is 12.1 Å². The highest BCUT2D eigenvalue weighted by atomic mass is 16.3. The third kappa shape index (κ3) is 4.61. The van der Waals surface area contributed by atoms with Crippen molar-refractivity contribution in [2.45, 2.75) is 25.8 Å². The number of piperidine rings is 1. The molecule has 1 amide bonds. The summed E-state index contributed by atoms with van der Waals surface area (Å²) in [6.07, 6.45) is 5.08. The number of carbonyl (C=O) groups excluding carboxylic acids is 1. The van der Waals surface area contributed by atoms with Gasteiger partial charge in [0, 0.05) is 18.7 Å². The van der Waals surface area contributed by atoms with Gasteiger partial charge in [-0.25, -0.2) is 0 Å². The summed E-state index contributed by atoms with van der Waals surface area (Å²) in [5.41, 5.74) is 0.498. The molecule has 1 atom stereocenters. The van der Waals surface area contributed by atoms with Crippen LogP contribution in [0.4, 0.5) is 0 Å². The van der Waals surface area contributed by atoms with Crippen molar-refractivity contribution in [1.82, 2.24) is 10.2 Å². The predicted octanol–water partition coefficient (Wildman–Crippen LogP) is 3.02. The van der Waals surface area contributed by atoms with Crippen molar-refractivity contribution in [3.63, 3.8) is 0 Å². The molecular formula is C19H24N2O3. The molecule has 0 unspecified atom stereocenters. The fraction of sp³-hybridized carbons (Fsp3) is 0.421. The summed E-state index contributed by atoms with van der Waals surface area (Å²) in [6, 6.07) is 10.4. The number of benzene rings is 1. The Morgan fingerprint density at radius 1 is 1.33 bits per heavy atom. The third-order valence-electron chi connectivity index (χ3n) is 4.51. The zero-order valence-corrected chi connectivity index (χ0v) is 13.8. The summed E-state index contributed by atoms with van der Waals surface area (Å²) in [5, 5.41) is 12.4.